The molecule has 1 fully saturated rings. The quantitative estimate of drug-likeness (QED) is 0.739. The highest BCUT2D eigenvalue weighted by Crippen LogP contribution is 2.27. The predicted octanol–water partition coefficient (Wildman–Crippen LogP) is 1.49. The summed E-state index contributed by atoms with van der Waals surface area (Å²) in [7, 11) is 0. The minimum absolute atomic E-state index is 0.0399. The first-order chi connectivity index (χ1) is 9.75. The Bertz CT molecular complexity index is 463. The van der Waals surface area contributed by atoms with Gasteiger partial charge in [-0.25, -0.2) is 4.79 Å². The third kappa shape index (κ3) is 6.25. The van der Waals surface area contributed by atoms with Crippen molar-refractivity contribution >= 4 is 17.9 Å². The number of carboxylic acid groups (broad SMARTS) is 1. The van der Waals surface area contributed by atoms with E-state index in [0.29, 0.717) is 6.54 Å². The molecule has 116 valence electrons. The van der Waals surface area contributed by atoms with E-state index < -0.39 is 23.3 Å². The van der Waals surface area contributed by atoms with Crippen LogP contribution in [0.15, 0.2) is 0 Å². The minimum atomic E-state index is -0.979. The van der Waals surface area contributed by atoms with Crippen LogP contribution < -0.4 is 5.32 Å². The Morgan fingerprint density at radius 3 is 2.43 bits per heavy atom. The number of urea groups is 1. The molecule has 0 unspecified atom stereocenters. The number of aliphatic carboxylic acids is 1. The second kappa shape index (κ2) is 7.07. The molecule has 0 heterocycles. The maximum absolute atomic E-state index is 12.0. The first-order valence-corrected chi connectivity index (χ1v) is 6.94. The van der Waals surface area contributed by atoms with Gasteiger partial charge in [-0.15, -0.1) is 0 Å². The lowest BCUT2D eigenvalue weighted by molar-refractivity contribution is -0.139. The van der Waals surface area contributed by atoms with Gasteiger partial charge in [-0.3, -0.25) is 14.9 Å². The van der Waals surface area contributed by atoms with Gasteiger partial charge in [0.25, 0.3) is 0 Å². The number of carbonyl (C=O) groups is 3. The Labute approximate surface area is 123 Å². The third-order valence-electron chi connectivity index (χ3n) is 3.23. The Morgan fingerprint density at radius 2 is 1.95 bits per heavy atom. The second-order valence-electron chi connectivity index (χ2n) is 6.10. The summed E-state index contributed by atoms with van der Waals surface area (Å²) in [6.07, 6.45) is 1.81. The van der Waals surface area contributed by atoms with Crippen LogP contribution in [0.3, 0.4) is 0 Å². The van der Waals surface area contributed by atoms with Gasteiger partial charge in [0, 0.05) is 19.0 Å². The van der Waals surface area contributed by atoms with E-state index in [1.54, 1.807) is 13.8 Å². The molecule has 0 aromatic heterocycles. The molecule has 0 saturated heterocycles. The molecular weight excluding hydrogens is 274 g/mol. The summed E-state index contributed by atoms with van der Waals surface area (Å²) >= 11 is 0. The zero-order valence-electron chi connectivity index (χ0n) is 12.4. The van der Waals surface area contributed by atoms with Crippen molar-refractivity contribution in [1.29, 1.82) is 5.26 Å². The number of hydrogen-bond acceptors (Lipinski definition) is 4. The van der Waals surface area contributed by atoms with Crippen LogP contribution in [0.1, 0.15) is 46.0 Å². The number of rotatable bonds is 7. The van der Waals surface area contributed by atoms with Crippen molar-refractivity contribution in [3.05, 3.63) is 0 Å². The smallest absolute Gasteiger partial charge is 0.324 e. The summed E-state index contributed by atoms with van der Waals surface area (Å²) in [5.41, 5.74) is -0.715. The SMILES string of the molecule is CC(C)(CC(=O)O)CC(=O)NC(=O)N(CCC#N)C1CC1. The molecule has 0 spiro atoms. The molecule has 1 aliphatic carbocycles. The summed E-state index contributed by atoms with van der Waals surface area (Å²) in [5.74, 6) is -1.47. The van der Waals surface area contributed by atoms with Crippen LogP contribution in [0.2, 0.25) is 0 Å². The van der Waals surface area contributed by atoms with Gasteiger partial charge in [0.2, 0.25) is 5.91 Å². The van der Waals surface area contributed by atoms with E-state index in [0.717, 1.165) is 12.8 Å². The first-order valence-electron chi connectivity index (χ1n) is 6.94. The molecule has 3 amide bonds. The van der Waals surface area contributed by atoms with Crippen molar-refractivity contribution in [3.63, 3.8) is 0 Å². The summed E-state index contributed by atoms with van der Waals surface area (Å²) in [6, 6.07) is 1.59. The van der Waals surface area contributed by atoms with Gasteiger partial charge in [0.05, 0.1) is 18.9 Å². The number of imide groups is 1. The summed E-state index contributed by atoms with van der Waals surface area (Å²) in [4.78, 5) is 36.1. The van der Waals surface area contributed by atoms with E-state index in [4.69, 9.17) is 10.4 Å². The average molecular weight is 295 g/mol. The van der Waals surface area contributed by atoms with Gasteiger partial charge in [0.15, 0.2) is 0 Å². The lowest BCUT2D eigenvalue weighted by atomic mass is 9.85. The van der Waals surface area contributed by atoms with Crippen LogP contribution in [-0.2, 0) is 9.59 Å². The van der Waals surface area contributed by atoms with Crippen LogP contribution in [-0.4, -0.2) is 40.5 Å². The van der Waals surface area contributed by atoms with Crippen molar-refractivity contribution < 1.29 is 19.5 Å². The maximum Gasteiger partial charge on any atom is 0.324 e. The fourth-order valence-electron chi connectivity index (χ4n) is 2.15. The van der Waals surface area contributed by atoms with E-state index in [2.05, 4.69) is 5.32 Å². The van der Waals surface area contributed by atoms with Crippen LogP contribution in [0.25, 0.3) is 0 Å². The van der Waals surface area contributed by atoms with Crippen molar-refractivity contribution in [2.75, 3.05) is 6.54 Å². The van der Waals surface area contributed by atoms with Crippen molar-refractivity contribution in [1.82, 2.24) is 10.2 Å². The molecular formula is C14H21N3O4. The fraction of sp³-hybridized carbons (Fsp3) is 0.714. The number of nitrogens with one attached hydrogen (secondary N) is 1. The second-order valence-corrected chi connectivity index (χ2v) is 6.10. The topological polar surface area (TPSA) is 110 Å². The number of amides is 3. The summed E-state index contributed by atoms with van der Waals surface area (Å²) in [6.45, 7) is 3.64. The molecule has 0 radical (unpaired) electrons. The average Bonchev–Trinajstić information content (AvgIpc) is 3.10. The maximum atomic E-state index is 12.0. The molecule has 7 nitrogen and oxygen atoms in total. The van der Waals surface area contributed by atoms with E-state index in [9.17, 15) is 14.4 Å². The highest BCUT2D eigenvalue weighted by atomic mass is 16.4. The van der Waals surface area contributed by atoms with Crippen molar-refractivity contribution in [2.45, 2.75) is 52.0 Å². The number of hydrogen-bond donors (Lipinski definition) is 2. The van der Waals surface area contributed by atoms with Crippen molar-refractivity contribution in [3.8, 4) is 6.07 Å². The number of nitriles is 1. The molecule has 0 atom stereocenters. The minimum Gasteiger partial charge on any atom is -0.481 e. The molecule has 0 aromatic carbocycles. The zero-order valence-corrected chi connectivity index (χ0v) is 12.4. The van der Waals surface area contributed by atoms with Crippen LogP contribution in [0.4, 0.5) is 4.79 Å². The van der Waals surface area contributed by atoms with Gasteiger partial charge < -0.3 is 10.0 Å². The third-order valence-corrected chi connectivity index (χ3v) is 3.23. The molecule has 1 saturated carbocycles. The first kappa shape index (κ1) is 17.0. The highest BCUT2D eigenvalue weighted by molar-refractivity contribution is 5.95. The van der Waals surface area contributed by atoms with Gasteiger partial charge in [-0.1, -0.05) is 13.8 Å². The largest absolute Gasteiger partial charge is 0.481 e. The molecule has 7 heteroatoms. The molecule has 0 bridgehead atoms. The van der Waals surface area contributed by atoms with E-state index in [1.165, 1.54) is 4.90 Å². The van der Waals surface area contributed by atoms with Crippen LogP contribution >= 0.6 is 0 Å². The van der Waals surface area contributed by atoms with E-state index >= 15 is 0 Å². The fourth-order valence-corrected chi connectivity index (χ4v) is 2.15. The van der Waals surface area contributed by atoms with Gasteiger partial charge in [-0.2, -0.15) is 5.26 Å². The molecule has 1 aliphatic rings. The van der Waals surface area contributed by atoms with Crippen LogP contribution in [0, 0.1) is 16.7 Å². The number of carbonyl (C=O) groups excluding carboxylic acids is 2. The van der Waals surface area contributed by atoms with Gasteiger partial charge >= 0.3 is 12.0 Å². The Kier molecular flexibility index (Phi) is 5.70. The van der Waals surface area contributed by atoms with E-state index in [1.807, 2.05) is 6.07 Å². The summed E-state index contributed by atoms with van der Waals surface area (Å²) < 4.78 is 0. The Morgan fingerprint density at radius 1 is 1.33 bits per heavy atom. The predicted molar refractivity (Wildman–Crippen MR) is 74.1 cm³/mol. The highest BCUT2D eigenvalue weighted by Gasteiger charge is 2.33. The van der Waals surface area contributed by atoms with Crippen LogP contribution in [0.5, 0.6) is 0 Å². The van der Waals surface area contributed by atoms with Crippen molar-refractivity contribution in [2.24, 2.45) is 5.41 Å². The monoisotopic (exact) mass is 295 g/mol. The summed E-state index contributed by atoms with van der Waals surface area (Å²) in [5, 5.41) is 19.6. The molecule has 0 aromatic rings. The molecule has 0 aliphatic heterocycles. The molecule has 2 N–H and O–H groups in total. The Hall–Kier alpha value is -2.10. The number of nitrogens with zero attached hydrogens (tertiary/aromatic N) is 2. The number of carboxylic acids is 1. The standard InChI is InChI=1S/C14H21N3O4/c1-14(2,9-12(19)20)8-11(18)16-13(21)17(7-3-6-15)10-4-5-10/h10H,3-5,7-9H2,1-2H3,(H,19,20)(H,16,18,21). The normalized spacial score (nSPS) is 14.1. The van der Waals surface area contributed by atoms with Gasteiger partial charge in [-0.05, 0) is 18.3 Å². The van der Waals surface area contributed by atoms with Gasteiger partial charge in [0.1, 0.15) is 0 Å². The van der Waals surface area contributed by atoms with E-state index in [-0.39, 0.29) is 25.3 Å². The zero-order chi connectivity index (χ0) is 16.0. The lowest BCUT2D eigenvalue weighted by Crippen LogP contribution is -2.45. The Balaban J connectivity index is 2.50. The lowest BCUT2D eigenvalue weighted by Gasteiger charge is -2.24. The molecule has 21 heavy (non-hydrogen) atoms. The molecule has 1 rings (SSSR count).